The van der Waals surface area contributed by atoms with E-state index in [1.807, 2.05) is 31.2 Å². The molecule has 0 aliphatic heterocycles. The van der Waals surface area contributed by atoms with Gasteiger partial charge in [0.2, 0.25) is 5.91 Å². The number of benzene rings is 1. The van der Waals surface area contributed by atoms with E-state index in [0.29, 0.717) is 19.6 Å². The zero-order chi connectivity index (χ0) is 11.8. The van der Waals surface area contributed by atoms with Crippen LogP contribution in [0, 0.1) is 6.92 Å². The first-order valence-electron chi connectivity index (χ1n) is 5.53. The van der Waals surface area contributed by atoms with E-state index >= 15 is 0 Å². The summed E-state index contributed by atoms with van der Waals surface area (Å²) in [6.45, 7) is 3.39. The van der Waals surface area contributed by atoms with E-state index in [2.05, 4.69) is 5.32 Å². The second-order valence-electron chi connectivity index (χ2n) is 3.86. The average Bonchev–Trinajstić information content (AvgIpc) is 2.24. The Labute approximate surface area is 96.8 Å². The van der Waals surface area contributed by atoms with Crippen molar-refractivity contribution in [3.63, 3.8) is 0 Å². The number of amides is 1. The summed E-state index contributed by atoms with van der Waals surface area (Å²) in [5.74, 6) is 0.0710. The second kappa shape index (κ2) is 7.01. The molecule has 0 fully saturated rings. The highest BCUT2D eigenvalue weighted by atomic mass is 16.5. The summed E-state index contributed by atoms with van der Waals surface area (Å²) in [4.78, 5) is 11.5. The number of carbonyl (C=O) groups is 1. The van der Waals surface area contributed by atoms with Crippen LogP contribution in [0.25, 0.3) is 0 Å². The van der Waals surface area contributed by atoms with Crippen LogP contribution in [0.5, 0.6) is 0 Å². The van der Waals surface area contributed by atoms with E-state index in [-0.39, 0.29) is 5.91 Å². The van der Waals surface area contributed by atoms with Gasteiger partial charge in [-0.1, -0.05) is 29.8 Å². The molecular weight excluding hydrogens is 202 g/mol. The Morgan fingerprint density at radius 3 is 2.94 bits per heavy atom. The molecule has 0 unspecified atom stereocenters. The fraction of sp³-hybridized carbons (Fsp3) is 0.462. The number of ether oxygens (including phenoxy) is 1. The number of nitrogens with one attached hydrogen (secondary N) is 1. The van der Waals surface area contributed by atoms with Crippen molar-refractivity contribution < 1.29 is 9.53 Å². The Kier molecular flexibility index (Phi) is 5.57. The summed E-state index contributed by atoms with van der Waals surface area (Å²) >= 11 is 0. The maximum absolute atomic E-state index is 11.5. The standard InChI is InChI=1S/C13H19NO2/c1-11-5-3-6-12(9-11)10-13(15)14-7-4-8-16-2/h3,5-6,9H,4,7-8,10H2,1-2H3,(H,14,15). The molecule has 0 aromatic heterocycles. The predicted octanol–water partition coefficient (Wildman–Crippen LogP) is 1.69. The maximum atomic E-state index is 11.5. The predicted molar refractivity (Wildman–Crippen MR) is 64.4 cm³/mol. The third-order valence-corrected chi connectivity index (χ3v) is 2.29. The lowest BCUT2D eigenvalue weighted by Gasteiger charge is -2.05. The molecule has 0 saturated carbocycles. The minimum Gasteiger partial charge on any atom is -0.385 e. The molecule has 3 nitrogen and oxygen atoms in total. The molecule has 0 spiro atoms. The van der Waals surface area contributed by atoms with Gasteiger partial charge in [0.25, 0.3) is 0 Å². The summed E-state index contributed by atoms with van der Waals surface area (Å²) < 4.78 is 4.91. The third kappa shape index (κ3) is 4.94. The van der Waals surface area contributed by atoms with Gasteiger partial charge in [0.1, 0.15) is 0 Å². The SMILES string of the molecule is COCCCNC(=O)Cc1cccc(C)c1. The normalized spacial score (nSPS) is 10.1. The Morgan fingerprint density at radius 1 is 1.44 bits per heavy atom. The first kappa shape index (κ1) is 12.7. The highest BCUT2D eigenvalue weighted by molar-refractivity contribution is 5.78. The summed E-state index contributed by atoms with van der Waals surface area (Å²) in [7, 11) is 1.66. The van der Waals surface area contributed by atoms with Gasteiger partial charge in [0, 0.05) is 20.3 Å². The van der Waals surface area contributed by atoms with Crippen molar-refractivity contribution in [2.75, 3.05) is 20.3 Å². The number of carbonyl (C=O) groups excluding carboxylic acids is 1. The topological polar surface area (TPSA) is 38.3 Å². The van der Waals surface area contributed by atoms with Gasteiger partial charge in [-0.3, -0.25) is 4.79 Å². The number of rotatable bonds is 6. The molecule has 0 heterocycles. The second-order valence-corrected chi connectivity index (χ2v) is 3.86. The van der Waals surface area contributed by atoms with Gasteiger partial charge in [-0.2, -0.15) is 0 Å². The van der Waals surface area contributed by atoms with Gasteiger partial charge >= 0.3 is 0 Å². The minimum atomic E-state index is 0.0710. The lowest BCUT2D eigenvalue weighted by molar-refractivity contribution is -0.120. The van der Waals surface area contributed by atoms with Gasteiger partial charge in [-0.05, 0) is 18.9 Å². The Morgan fingerprint density at radius 2 is 2.25 bits per heavy atom. The van der Waals surface area contributed by atoms with Crippen LogP contribution in [0.3, 0.4) is 0 Å². The monoisotopic (exact) mass is 221 g/mol. The van der Waals surface area contributed by atoms with Crippen LogP contribution in [-0.2, 0) is 16.0 Å². The quantitative estimate of drug-likeness (QED) is 0.742. The molecular formula is C13H19NO2. The Balaban J connectivity index is 2.29. The highest BCUT2D eigenvalue weighted by Gasteiger charge is 2.02. The molecule has 0 bridgehead atoms. The maximum Gasteiger partial charge on any atom is 0.224 e. The molecule has 1 N–H and O–H groups in total. The van der Waals surface area contributed by atoms with E-state index in [1.54, 1.807) is 7.11 Å². The molecule has 16 heavy (non-hydrogen) atoms. The van der Waals surface area contributed by atoms with Crippen LogP contribution in [0.4, 0.5) is 0 Å². The van der Waals surface area contributed by atoms with Crippen molar-refractivity contribution in [3.8, 4) is 0 Å². The van der Waals surface area contributed by atoms with Crippen LogP contribution in [0.15, 0.2) is 24.3 Å². The van der Waals surface area contributed by atoms with Gasteiger partial charge in [-0.15, -0.1) is 0 Å². The largest absolute Gasteiger partial charge is 0.385 e. The van der Waals surface area contributed by atoms with Gasteiger partial charge in [0.15, 0.2) is 0 Å². The molecule has 0 atom stereocenters. The van der Waals surface area contributed by atoms with Gasteiger partial charge in [-0.25, -0.2) is 0 Å². The fourth-order valence-corrected chi connectivity index (χ4v) is 1.51. The Hall–Kier alpha value is -1.35. The minimum absolute atomic E-state index is 0.0710. The zero-order valence-electron chi connectivity index (χ0n) is 9.95. The lowest BCUT2D eigenvalue weighted by atomic mass is 10.1. The van der Waals surface area contributed by atoms with E-state index in [9.17, 15) is 4.79 Å². The third-order valence-electron chi connectivity index (χ3n) is 2.29. The number of hydrogen-bond acceptors (Lipinski definition) is 2. The van der Waals surface area contributed by atoms with E-state index in [4.69, 9.17) is 4.74 Å². The van der Waals surface area contributed by atoms with Crippen molar-refractivity contribution in [1.82, 2.24) is 5.32 Å². The molecule has 0 saturated heterocycles. The van der Waals surface area contributed by atoms with Gasteiger partial charge in [0.05, 0.1) is 6.42 Å². The van der Waals surface area contributed by atoms with Crippen molar-refractivity contribution in [1.29, 1.82) is 0 Å². The van der Waals surface area contributed by atoms with Crippen LogP contribution in [0.2, 0.25) is 0 Å². The van der Waals surface area contributed by atoms with Crippen LogP contribution in [-0.4, -0.2) is 26.2 Å². The van der Waals surface area contributed by atoms with E-state index < -0.39 is 0 Å². The van der Waals surface area contributed by atoms with Crippen molar-refractivity contribution >= 4 is 5.91 Å². The number of methoxy groups -OCH3 is 1. The fourth-order valence-electron chi connectivity index (χ4n) is 1.51. The van der Waals surface area contributed by atoms with Crippen LogP contribution >= 0.6 is 0 Å². The van der Waals surface area contributed by atoms with Gasteiger partial charge < -0.3 is 10.1 Å². The van der Waals surface area contributed by atoms with Crippen LogP contribution < -0.4 is 5.32 Å². The summed E-state index contributed by atoms with van der Waals surface area (Å²) in [6, 6.07) is 8.01. The first-order valence-corrected chi connectivity index (χ1v) is 5.53. The molecule has 3 heteroatoms. The van der Waals surface area contributed by atoms with E-state index in [0.717, 1.165) is 12.0 Å². The smallest absolute Gasteiger partial charge is 0.224 e. The molecule has 1 aromatic carbocycles. The lowest BCUT2D eigenvalue weighted by Crippen LogP contribution is -2.26. The molecule has 0 radical (unpaired) electrons. The summed E-state index contributed by atoms with van der Waals surface area (Å²) in [6.07, 6.45) is 1.31. The van der Waals surface area contributed by atoms with Crippen molar-refractivity contribution in [2.45, 2.75) is 19.8 Å². The summed E-state index contributed by atoms with van der Waals surface area (Å²) in [5.41, 5.74) is 2.24. The van der Waals surface area contributed by atoms with Crippen LogP contribution in [0.1, 0.15) is 17.5 Å². The summed E-state index contributed by atoms with van der Waals surface area (Å²) in [5, 5.41) is 2.87. The zero-order valence-corrected chi connectivity index (χ0v) is 9.95. The number of hydrogen-bond donors (Lipinski definition) is 1. The Bertz CT molecular complexity index is 336. The highest BCUT2D eigenvalue weighted by Crippen LogP contribution is 2.04. The molecule has 1 amide bonds. The average molecular weight is 221 g/mol. The first-order chi connectivity index (χ1) is 7.72. The molecule has 0 aliphatic carbocycles. The molecule has 1 rings (SSSR count). The van der Waals surface area contributed by atoms with Crippen molar-refractivity contribution in [2.24, 2.45) is 0 Å². The van der Waals surface area contributed by atoms with Crippen molar-refractivity contribution in [3.05, 3.63) is 35.4 Å². The molecule has 1 aromatic rings. The molecule has 0 aliphatic rings. The van der Waals surface area contributed by atoms with E-state index in [1.165, 1.54) is 5.56 Å². The molecule has 88 valence electrons. The number of aryl methyl sites for hydroxylation is 1.